The van der Waals surface area contributed by atoms with Crippen LogP contribution in [-0.4, -0.2) is 74.4 Å². The third-order valence-electron chi connectivity index (χ3n) is 9.14. The molecule has 3 saturated carbocycles. The van der Waals surface area contributed by atoms with Crippen molar-refractivity contribution in [2.75, 3.05) is 31.6 Å². The molecule has 4 heterocycles. The number of halogens is 1. The van der Waals surface area contributed by atoms with E-state index in [-0.39, 0.29) is 17.5 Å². The largest absolute Gasteiger partial charge is 0.389 e. The molecule has 0 amide bonds. The van der Waals surface area contributed by atoms with Crippen LogP contribution in [0.25, 0.3) is 10.9 Å². The van der Waals surface area contributed by atoms with E-state index in [2.05, 4.69) is 38.0 Å². The van der Waals surface area contributed by atoms with Crippen LogP contribution >= 0.6 is 0 Å². The number of hydrogen-bond donors (Lipinski definition) is 2. The first kappa shape index (κ1) is 22.6. The summed E-state index contributed by atoms with van der Waals surface area (Å²) in [6, 6.07) is 4.00. The van der Waals surface area contributed by atoms with Gasteiger partial charge in [0.25, 0.3) is 0 Å². The highest BCUT2D eigenvalue weighted by Crippen LogP contribution is 2.62. The van der Waals surface area contributed by atoms with Gasteiger partial charge in [-0.25, -0.2) is 14.4 Å². The van der Waals surface area contributed by atoms with E-state index in [1.807, 2.05) is 25.4 Å². The maximum atomic E-state index is 15.5. The Hall–Kier alpha value is -2.62. The SMILES string of the molecule is Cc1cc2cnc(Nc3cnn(C45CC(C4)C5)c3C)nc2cc1C1CCN(C2COC[C@H]2O)CC1F. The van der Waals surface area contributed by atoms with Gasteiger partial charge in [0.05, 0.1) is 54.0 Å². The number of aromatic nitrogens is 4. The van der Waals surface area contributed by atoms with Crippen molar-refractivity contribution in [1.29, 1.82) is 0 Å². The predicted molar refractivity (Wildman–Crippen MR) is 134 cm³/mol. The van der Waals surface area contributed by atoms with Crippen molar-refractivity contribution in [3.05, 3.63) is 41.3 Å². The number of likely N-dealkylation sites (tertiary alicyclic amines) is 1. The van der Waals surface area contributed by atoms with Gasteiger partial charge < -0.3 is 15.2 Å². The molecule has 2 aliphatic heterocycles. The highest BCUT2D eigenvalue weighted by atomic mass is 19.1. The van der Waals surface area contributed by atoms with E-state index in [0.29, 0.717) is 32.1 Å². The summed E-state index contributed by atoms with van der Waals surface area (Å²) in [4.78, 5) is 11.4. The molecule has 0 radical (unpaired) electrons. The summed E-state index contributed by atoms with van der Waals surface area (Å²) in [5.74, 6) is 1.23. The molecule has 2 N–H and O–H groups in total. The second-order valence-corrected chi connectivity index (χ2v) is 11.4. The minimum Gasteiger partial charge on any atom is -0.389 e. The van der Waals surface area contributed by atoms with Crippen molar-refractivity contribution in [2.24, 2.45) is 5.92 Å². The maximum Gasteiger partial charge on any atom is 0.227 e. The number of fused-ring (bicyclic) bond motifs is 1. The minimum absolute atomic E-state index is 0.106. The Kier molecular flexibility index (Phi) is 5.14. The topological polar surface area (TPSA) is 88.3 Å². The molecule has 3 aliphatic carbocycles. The van der Waals surface area contributed by atoms with Gasteiger partial charge in [0.2, 0.25) is 5.95 Å². The molecule has 4 atom stereocenters. The van der Waals surface area contributed by atoms with Crippen molar-refractivity contribution in [2.45, 2.75) is 69.3 Å². The van der Waals surface area contributed by atoms with Gasteiger partial charge in [-0.3, -0.25) is 9.58 Å². The Morgan fingerprint density at radius 1 is 1.17 bits per heavy atom. The number of aryl methyl sites for hydroxylation is 1. The van der Waals surface area contributed by atoms with Crippen LogP contribution in [0.2, 0.25) is 0 Å². The van der Waals surface area contributed by atoms with E-state index in [0.717, 1.165) is 45.9 Å². The fourth-order valence-corrected chi connectivity index (χ4v) is 6.95. The van der Waals surface area contributed by atoms with Crippen LogP contribution in [0.3, 0.4) is 0 Å². The van der Waals surface area contributed by atoms with Gasteiger partial charge in [-0.05, 0) is 75.3 Å². The first-order chi connectivity index (χ1) is 17.4. The van der Waals surface area contributed by atoms with Crippen LogP contribution in [0.15, 0.2) is 24.5 Å². The van der Waals surface area contributed by atoms with Crippen molar-refractivity contribution in [1.82, 2.24) is 24.6 Å². The third kappa shape index (κ3) is 3.47. The number of rotatable bonds is 5. The molecule has 8 nitrogen and oxygen atoms in total. The van der Waals surface area contributed by atoms with E-state index in [9.17, 15) is 5.11 Å². The van der Waals surface area contributed by atoms with Crippen LogP contribution < -0.4 is 5.32 Å². The molecule has 0 spiro atoms. The van der Waals surface area contributed by atoms with Crippen LogP contribution in [0.1, 0.15) is 48.4 Å². The predicted octanol–water partition coefficient (Wildman–Crippen LogP) is 3.58. The summed E-state index contributed by atoms with van der Waals surface area (Å²) in [5, 5.41) is 19.1. The minimum atomic E-state index is -1.01. The van der Waals surface area contributed by atoms with Gasteiger partial charge in [0.1, 0.15) is 6.17 Å². The lowest BCUT2D eigenvalue weighted by Crippen LogP contribution is -2.60. The summed E-state index contributed by atoms with van der Waals surface area (Å²) < 4.78 is 23.0. The van der Waals surface area contributed by atoms with Crippen LogP contribution in [0.4, 0.5) is 16.0 Å². The quantitative estimate of drug-likeness (QED) is 0.563. The molecule has 36 heavy (non-hydrogen) atoms. The molecule has 3 unspecified atom stereocenters. The average molecular weight is 493 g/mol. The molecule has 5 fully saturated rings. The number of anilines is 2. The Labute approximate surface area is 209 Å². The summed E-state index contributed by atoms with van der Waals surface area (Å²) in [6.45, 7) is 6.01. The number of hydrogen-bond acceptors (Lipinski definition) is 7. The van der Waals surface area contributed by atoms with Crippen molar-refractivity contribution in [3.63, 3.8) is 0 Å². The zero-order chi connectivity index (χ0) is 24.6. The molecule has 190 valence electrons. The Morgan fingerprint density at radius 3 is 2.69 bits per heavy atom. The number of nitrogens with zero attached hydrogens (tertiary/aromatic N) is 5. The Bertz CT molecular complexity index is 1310. The van der Waals surface area contributed by atoms with Crippen LogP contribution in [-0.2, 0) is 10.3 Å². The first-order valence-corrected chi connectivity index (χ1v) is 13.1. The van der Waals surface area contributed by atoms with E-state index in [4.69, 9.17) is 9.72 Å². The van der Waals surface area contributed by atoms with Gasteiger partial charge in [0, 0.05) is 24.0 Å². The molecule has 8 rings (SSSR count). The van der Waals surface area contributed by atoms with E-state index in [1.165, 1.54) is 19.3 Å². The van der Waals surface area contributed by atoms with Crippen LogP contribution in [0, 0.1) is 19.8 Å². The molecular weight excluding hydrogens is 459 g/mol. The molecule has 3 aromatic rings. The summed E-state index contributed by atoms with van der Waals surface area (Å²) in [5.41, 5.74) is 5.17. The lowest BCUT2D eigenvalue weighted by atomic mass is 9.50. The maximum absolute atomic E-state index is 15.5. The van der Waals surface area contributed by atoms with Gasteiger partial charge in [-0.2, -0.15) is 5.10 Å². The molecule has 1 aromatic carbocycles. The highest BCUT2D eigenvalue weighted by Gasteiger charge is 2.59. The highest BCUT2D eigenvalue weighted by molar-refractivity contribution is 5.81. The smallest absolute Gasteiger partial charge is 0.227 e. The second kappa shape index (κ2) is 8.19. The van der Waals surface area contributed by atoms with Crippen molar-refractivity contribution < 1.29 is 14.2 Å². The number of aliphatic hydroxyl groups excluding tert-OH is 1. The van der Waals surface area contributed by atoms with Gasteiger partial charge >= 0.3 is 0 Å². The molecular formula is C27H33FN6O2. The monoisotopic (exact) mass is 492 g/mol. The Balaban J connectivity index is 1.12. The molecule has 9 heteroatoms. The number of benzene rings is 1. The lowest BCUT2D eigenvalue weighted by molar-refractivity contribution is -0.0990. The van der Waals surface area contributed by atoms with Gasteiger partial charge in [-0.15, -0.1) is 0 Å². The second-order valence-electron chi connectivity index (χ2n) is 11.4. The van der Waals surface area contributed by atoms with Crippen LogP contribution in [0.5, 0.6) is 0 Å². The summed E-state index contributed by atoms with van der Waals surface area (Å²) >= 11 is 0. The normalized spacial score (nSPS) is 33.9. The summed E-state index contributed by atoms with van der Waals surface area (Å²) in [7, 11) is 0. The zero-order valence-electron chi connectivity index (χ0n) is 20.8. The fraction of sp³-hybridized carbons (Fsp3) is 0.593. The summed E-state index contributed by atoms with van der Waals surface area (Å²) in [6.07, 6.45) is 6.60. The van der Waals surface area contributed by atoms with E-state index in [1.54, 1.807) is 0 Å². The van der Waals surface area contributed by atoms with Crippen molar-refractivity contribution in [3.8, 4) is 0 Å². The lowest BCUT2D eigenvalue weighted by Gasteiger charge is -2.61. The third-order valence-corrected chi connectivity index (χ3v) is 9.14. The number of alkyl halides is 1. The number of aliphatic hydroxyl groups is 1. The van der Waals surface area contributed by atoms with E-state index < -0.39 is 12.3 Å². The zero-order valence-corrected chi connectivity index (χ0v) is 20.8. The molecule has 2 aromatic heterocycles. The molecule has 5 aliphatic rings. The number of nitrogens with one attached hydrogen (secondary N) is 1. The van der Waals surface area contributed by atoms with Crippen molar-refractivity contribution >= 4 is 22.5 Å². The van der Waals surface area contributed by atoms with Gasteiger partial charge in [0.15, 0.2) is 0 Å². The van der Waals surface area contributed by atoms with E-state index >= 15 is 4.39 Å². The standard InChI is InChI=1S/C27H33FN6O2/c1-15-5-18-10-29-26(32-23-11-30-34(16(23)2)27-7-17(8-27)9-27)31-22(18)6-20(15)19-3-4-33(12-21(19)28)24-13-36-14-25(24)35/h5-6,10-11,17,19,21,24-25,35H,3-4,7-9,12-14H2,1-2H3,(H,29,31,32)/t17?,19?,21?,24?,25-,27?/m1/s1. The molecule has 2 saturated heterocycles. The Morgan fingerprint density at radius 2 is 2.00 bits per heavy atom. The average Bonchev–Trinajstić information content (AvgIpc) is 3.38. The number of ether oxygens (including phenoxy) is 1. The first-order valence-electron chi connectivity index (χ1n) is 13.1. The number of piperidine rings is 1. The fourth-order valence-electron chi connectivity index (χ4n) is 6.95. The van der Waals surface area contributed by atoms with Gasteiger partial charge in [-0.1, -0.05) is 0 Å². The molecule has 2 bridgehead atoms.